The molecule has 250 valence electrons. The first-order chi connectivity index (χ1) is 26.3. The van der Waals surface area contributed by atoms with Crippen molar-refractivity contribution in [2.24, 2.45) is 0 Å². The predicted molar refractivity (Wildman–Crippen MR) is 224 cm³/mol. The van der Waals surface area contributed by atoms with Crippen molar-refractivity contribution in [2.45, 2.75) is 28.0 Å². The molecule has 0 N–H and O–H groups in total. The maximum atomic E-state index is 2.50. The number of anilines is 3. The maximum absolute atomic E-state index is 2.50. The summed E-state index contributed by atoms with van der Waals surface area (Å²) in [5.74, 6) is 0. The first-order valence-electron chi connectivity index (χ1n) is 18.6. The van der Waals surface area contributed by atoms with Crippen molar-refractivity contribution in [3.05, 3.63) is 210 Å². The second kappa shape index (κ2) is 12.0. The van der Waals surface area contributed by atoms with Crippen LogP contribution in [0.25, 0.3) is 43.8 Å². The summed E-state index contributed by atoms with van der Waals surface area (Å²) in [6, 6.07) is 63.3. The molecule has 1 nitrogen and oxygen atoms in total. The highest BCUT2D eigenvalue weighted by molar-refractivity contribution is 8.00. The molecule has 8 aromatic rings. The monoisotopic (exact) mass is 693 g/mol. The van der Waals surface area contributed by atoms with E-state index in [0.717, 1.165) is 12.8 Å². The summed E-state index contributed by atoms with van der Waals surface area (Å²) in [5, 5.41) is 5.04. The average Bonchev–Trinajstić information content (AvgIpc) is 3.53. The third-order valence-corrected chi connectivity index (χ3v) is 12.7. The van der Waals surface area contributed by atoms with E-state index in [1.165, 1.54) is 92.9 Å². The van der Waals surface area contributed by atoms with Gasteiger partial charge in [0.05, 0.1) is 22.5 Å². The number of nitrogens with zero attached hydrogens (tertiary/aromatic N) is 1. The van der Waals surface area contributed by atoms with Crippen molar-refractivity contribution in [3.8, 4) is 22.3 Å². The van der Waals surface area contributed by atoms with Gasteiger partial charge < -0.3 is 4.90 Å². The van der Waals surface area contributed by atoms with Gasteiger partial charge >= 0.3 is 0 Å². The van der Waals surface area contributed by atoms with Crippen molar-refractivity contribution < 1.29 is 0 Å². The molecule has 0 bridgehead atoms. The zero-order chi connectivity index (χ0) is 34.9. The van der Waals surface area contributed by atoms with E-state index in [-0.39, 0.29) is 5.41 Å². The first kappa shape index (κ1) is 30.5. The van der Waals surface area contributed by atoms with E-state index < -0.39 is 0 Å². The van der Waals surface area contributed by atoms with Gasteiger partial charge in [0.15, 0.2) is 0 Å². The standard InChI is InChI=1S/C51H35NS/c1-3-17-38(18-4-1)51(39-19-5-2-6-20-39)44-24-12-11-23-42(44)43-32-36(26-29-45(43)51)37-28-31-49-48(33-37)52(46-25-13-16-34-14-7-9-21-40(34)46)47-30-27-35-15-8-10-22-41(35)50(47)53-49/h1,3-5,7-33H,2,6H2. The summed E-state index contributed by atoms with van der Waals surface area (Å²) in [6.45, 7) is 0. The van der Waals surface area contributed by atoms with Crippen LogP contribution in [0.3, 0.4) is 0 Å². The topological polar surface area (TPSA) is 3.24 Å². The van der Waals surface area contributed by atoms with Gasteiger partial charge in [-0.1, -0.05) is 170 Å². The number of rotatable bonds is 4. The normalized spacial score (nSPS) is 16.9. The molecule has 3 aliphatic rings. The number of hydrogen-bond donors (Lipinski definition) is 0. The molecule has 0 aromatic heterocycles. The third-order valence-electron chi connectivity index (χ3n) is 11.5. The zero-order valence-electron chi connectivity index (χ0n) is 29.2. The molecule has 0 saturated carbocycles. The highest BCUT2D eigenvalue weighted by Gasteiger charge is 2.46. The summed E-state index contributed by atoms with van der Waals surface area (Å²) in [6.07, 6.45) is 9.35. The molecule has 2 heteroatoms. The number of allylic oxidation sites excluding steroid dienone is 4. The molecule has 2 aliphatic carbocycles. The first-order valence-corrected chi connectivity index (χ1v) is 19.4. The summed E-state index contributed by atoms with van der Waals surface area (Å²) in [5.41, 5.74) is 13.8. The Bertz CT molecular complexity index is 2820. The highest BCUT2D eigenvalue weighted by Crippen LogP contribution is 2.59. The number of hydrogen-bond acceptors (Lipinski definition) is 2. The lowest BCUT2D eigenvalue weighted by Crippen LogP contribution is -2.29. The molecule has 1 aliphatic heterocycles. The van der Waals surface area contributed by atoms with Gasteiger partial charge in [-0.15, -0.1) is 0 Å². The van der Waals surface area contributed by atoms with Crippen LogP contribution in [0.4, 0.5) is 17.1 Å². The SMILES string of the molecule is C1=CC(C2(c3ccccc3)c3ccccc3-c3cc(-c4ccc5c(c4)N(c4cccc6ccccc46)c4ccc6ccccc6c4S5)ccc32)=CCC1. The number of benzene rings is 8. The van der Waals surface area contributed by atoms with E-state index in [1.807, 2.05) is 11.8 Å². The van der Waals surface area contributed by atoms with Crippen LogP contribution in [0.15, 0.2) is 203 Å². The molecule has 11 rings (SSSR count). The van der Waals surface area contributed by atoms with E-state index in [2.05, 4.69) is 193 Å². The Labute approximate surface area is 314 Å². The lowest BCUT2D eigenvalue weighted by molar-refractivity contribution is 0.751. The second-order valence-electron chi connectivity index (χ2n) is 14.3. The fraction of sp³-hybridized carbons (Fsp3) is 0.0588. The van der Waals surface area contributed by atoms with Crippen LogP contribution < -0.4 is 4.90 Å². The maximum Gasteiger partial charge on any atom is 0.0710 e. The van der Waals surface area contributed by atoms with Gasteiger partial charge in [-0.05, 0) is 104 Å². The fourth-order valence-electron chi connectivity index (χ4n) is 9.21. The molecule has 1 heterocycles. The summed E-state index contributed by atoms with van der Waals surface area (Å²) >= 11 is 1.89. The van der Waals surface area contributed by atoms with Crippen LogP contribution in [0.2, 0.25) is 0 Å². The summed E-state index contributed by atoms with van der Waals surface area (Å²) in [4.78, 5) is 5.06. The summed E-state index contributed by atoms with van der Waals surface area (Å²) in [7, 11) is 0. The van der Waals surface area contributed by atoms with Crippen LogP contribution in [0, 0.1) is 0 Å². The minimum Gasteiger partial charge on any atom is -0.308 e. The van der Waals surface area contributed by atoms with Gasteiger partial charge in [-0.25, -0.2) is 0 Å². The Morgan fingerprint density at radius 1 is 0.491 bits per heavy atom. The van der Waals surface area contributed by atoms with Crippen molar-refractivity contribution in [3.63, 3.8) is 0 Å². The minimum atomic E-state index is -0.354. The van der Waals surface area contributed by atoms with Gasteiger partial charge in [-0.3, -0.25) is 0 Å². The van der Waals surface area contributed by atoms with Crippen LogP contribution in [-0.4, -0.2) is 0 Å². The lowest BCUT2D eigenvalue weighted by Gasteiger charge is -2.35. The molecule has 1 unspecified atom stereocenters. The Morgan fingerprint density at radius 3 is 2.08 bits per heavy atom. The van der Waals surface area contributed by atoms with Crippen LogP contribution >= 0.6 is 11.8 Å². The van der Waals surface area contributed by atoms with Gasteiger partial charge in [0.25, 0.3) is 0 Å². The molecule has 0 amide bonds. The molecule has 53 heavy (non-hydrogen) atoms. The fourth-order valence-corrected chi connectivity index (χ4v) is 10.4. The Kier molecular flexibility index (Phi) is 6.90. The van der Waals surface area contributed by atoms with E-state index >= 15 is 0 Å². The minimum absolute atomic E-state index is 0.354. The smallest absolute Gasteiger partial charge is 0.0710 e. The van der Waals surface area contributed by atoms with Gasteiger partial charge in [-0.2, -0.15) is 0 Å². The molecule has 0 fully saturated rings. The second-order valence-corrected chi connectivity index (χ2v) is 15.4. The molecular weight excluding hydrogens is 659 g/mol. The Morgan fingerprint density at radius 2 is 1.21 bits per heavy atom. The number of fused-ring (bicyclic) bond motifs is 8. The largest absolute Gasteiger partial charge is 0.308 e. The highest BCUT2D eigenvalue weighted by atomic mass is 32.2. The van der Waals surface area contributed by atoms with Gasteiger partial charge in [0, 0.05) is 15.2 Å². The molecule has 1 atom stereocenters. The van der Waals surface area contributed by atoms with Crippen LogP contribution in [0.1, 0.15) is 29.5 Å². The molecule has 8 aromatic carbocycles. The van der Waals surface area contributed by atoms with Gasteiger partial charge in [0.2, 0.25) is 0 Å². The molecule has 0 saturated heterocycles. The zero-order valence-corrected chi connectivity index (χ0v) is 30.0. The van der Waals surface area contributed by atoms with Crippen molar-refractivity contribution in [1.29, 1.82) is 0 Å². The van der Waals surface area contributed by atoms with E-state index in [1.54, 1.807) is 0 Å². The summed E-state index contributed by atoms with van der Waals surface area (Å²) < 4.78 is 0. The molecule has 0 spiro atoms. The Hall–Kier alpha value is -6.09. The lowest BCUT2D eigenvalue weighted by atomic mass is 9.66. The predicted octanol–water partition coefficient (Wildman–Crippen LogP) is 14.2. The third kappa shape index (κ3) is 4.52. The van der Waals surface area contributed by atoms with Crippen molar-refractivity contribution in [2.75, 3.05) is 4.90 Å². The van der Waals surface area contributed by atoms with Crippen molar-refractivity contribution >= 4 is 50.4 Å². The quantitative estimate of drug-likeness (QED) is 0.181. The van der Waals surface area contributed by atoms with E-state index in [0.29, 0.717) is 0 Å². The molecule has 0 radical (unpaired) electrons. The van der Waals surface area contributed by atoms with Crippen LogP contribution in [-0.2, 0) is 5.41 Å². The molecular formula is C51H35NS. The average molecular weight is 694 g/mol. The van der Waals surface area contributed by atoms with Gasteiger partial charge in [0.1, 0.15) is 0 Å². The Balaban J connectivity index is 1.12. The van der Waals surface area contributed by atoms with E-state index in [9.17, 15) is 0 Å². The van der Waals surface area contributed by atoms with Crippen LogP contribution in [0.5, 0.6) is 0 Å². The van der Waals surface area contributed by atoms with Crippen molar-refractivity contribution in [1.82, 2.24) is 0 Å². The van der Waals surface area contributed by atoms with E-state index in [4.69, 9.17) is 0 Å².